The van der Waals surface area contributed by atoms with Gasteiger partial charge in [0.1, 0.15) is 0 Å². The summed E-state index contributed by atoms with van der Waals surface area (Å²) < 4.78 is 70.0. The van der Waals surface area contributed by atoms with Gasteiger partial charge in [0.05, 0.1) is 18.9 Å². The van der Waals surface area contributed by atoms with Crippen molar-refractivity contribution in [3.05, 3.63) is 0 Å². The first-order valence-corrected chi connectivity index (χ1v) is 5.10. The molecular formula is C5H9F4NO3S. The predicted octanol–water partition coefficient (Wildman–Crippen LogP) is -0.202. The Hall–Kier alpha value is -0.410. The maximum Gasteiger partial charge on any atom is 0.320 e. The minimum atomic E-state index is -4.40. The molecule has 4 nitrogen and oxygen atoms in total. The third-order valence-electron chi connectivity index (χ3n) is 1.21. The molecule has 0 aromatic rings. The maximum absolute atomic E-state index is 12.2. The first kappa shape index (κ1) is 13.6. The SMILES string of the molecule is O=S(=O)(CCO)NCC(F)(F)C(F)F. The molecule has 0 heterocycles. The van der Waals surface area contributed by atoms with Crippen molar-refractivity contribution < 1.29 is 31.1 Å². The zero-order valence-corrected chi connectivity index (χ0v) is 7.70. The Morgan fingerprint density at radius 1 is 1.36 bits per heavy atom. The van der Waals surface area contributed by atoms with Gasteiger partial charge in [-0.05, 0) is 0 Å². The van der Waals surface area contributed by atoms with Crippen LogP contribution in [-0.4, -0.2) is 44.8 Å². The summed E-state index contributed by atoms with van der Waals surface area (Å²) >= 11 is 0. The highest BCUT2D eigenvalue weighted by molar-refractivity contribution is 7.89. The number of hydrogen-bond acceptors (Lipinski definition) is 3. The monoisotopic (exact) mass is 239 g/mol. The largest absolute Gasteiger partial charge is 0.395 e. The quantitative estimate of drug-likeness (QED) is 0.631. The van der Waals surface area contributed by atoms with E-state index in [1.165, 1.54) is 4.72 Å². The number of aliphatic hydroxyl groups is 1. The molecule has 0 radical (unpaired) electrons. The zero-order valence-electron chi connectivity index (χ0n) is 6.88. The van der Waals surface area contributed by atoms with Gasteiger partial charge in [-0.15, -0.1) is 0 Å². The van der Waals surface area contributed by atoms with Gasteiger partial charge < -0.3 is 5.11 Å². The molecule has 0 fully saturated rings. The second-order valence-corrected chi connectivity index (χ2v) is 4.35. The number of aliphatic hydroxyl groups excluding tert-OH is 1. The van der Waals surface area contributed by atoms with E-state index >= 15 is 0 Å². The number of alkyl halides is 4. The number of rotatable bonds is 6. The zero-order chi connectivity index (χ0) is 11.4. The molecule has 0 aliphatic rings. The van der Waals surface area contributed by atoms with Crippen LogP contribution in [0, 0.1) is 0 Å². The van der Waals surface area contributed by atoms with Gasteiger partial charge in [0.2, 0.25) is 10.0 Å². The molecule has 0 rings (SSSR count). The summed E-state index contributed by atoms with van der Waals surface area (Å²) in [6.45, 7) is -2.44. The first-order valence-electron chi connectivity index (χ1n) is 3.45. The molecule has 2 N–H and O–H groups in total. The molecule has 0 atom stereocenters. The normalized spacial score (nSPS) is 13.6. The molecule has 0 aliphatic carbocycles. The molecule has 86 valence electrons. The van der Waals surface area contributed by atoms with Crippen molar-refractivity contribution in [3.8, 4) is 0 Å². The number of nitrogens with one attached hydrogen (secondary N) is 1. The van der Waals surface area contributed by atoms with Crippen LogP contribution in [-0.2, 0) is 10.0 Å². The van der Waals surface area contributed by atoms with E-state index in [9.17, 15) is 26.0 Å². The Balaban J connectivity index is 4.19. The molecule has 14 heavy (non-hydrogen) atoms. The van der Waals surface area contributed by atoms with Crippen molar-refractivity contribution in [2.24, 2.45) is 0 Å². The van der Waals surface area contributed by atoms with Crippen molar-refractivity contribution in [1.82, 2.24) is 4.72 Å². The number of sulfonamides is 1. The van der Waals surface area contributed by atoms with Crippen LogP contribution in [0.4, 0.5) is 17.6 Å². The van der Waals surface area contributed by atoms with Gasteiger partial charge in [-0.25, -0.2) is 21.9 Å². The van der Waals surface area contributed by atoms with E-state index in [0.717, 1.165) is 0 Å². The first-order chi connectivity index (χ1) is 6.21. The fourth-order valence-electron chi connectivity index (χ4n) is 0.476. The van der Waals surface area contributed by atoms with E-state index in [1.807, 2.05) is 0 Å². The number of halogens is 4. The Morgan fingerprint density at radius 3 is 2.21 bits per heavy atom. The van der Waals surface area contributed by atoms with Crippen LogP contribution in [0.25, 0.3) is 0 Å². The summed E-state index contributed by atoms with van der Waals surface area (Å²) in [5, 5.41) is 8.19. The standard InChI is InChI=1S/C5H9F4NO3S/c6-4(7)5(8,9)3-10-14(12,13)2-1-11/h4,10-11H,1-3H2. The van der Waals surface area contributed by atoms with Crippen LogP contribution >= 0.6 is 0 Å². The van der Waals surface area contributed by atoms with Gasteiger partial charge in [0.15, 0.2) is 0 Å². The van der Waals surface area contributed by atoms with E-state index in [2.05, 4.69) is 0 Å². The lowest BCUT2D eigenvalue weighted by Crippen LogP contribution is -2.42. The maximum atomic E-state index is 12.2. The topological polar surface area (TPSA) is 66.4 Å². The van der Waals surface area contributed by atoms with Crippen LogP contribution in [0.2, 0.25) is 0 Å². The van der Waals surface area contributed by atoms with Crippen molar-refractivity contribution in [2.45, 2.75) is 12.3 Å². The smallest absolute Gasteiger partial charge is 0.320 e. The Kier molecular flexibility index (Phi) is 4.75. The van der Waals surface area contributed by atoms with Gasteiger partial charge in [0.25, 0.3) is 0 Å². The summed E-state index contributed by atoms with van der Waals surface area (Å²) in [4.78, 5) is 0. The van der Waals surface area contributed by atoms with Crippen molar-refractivity contribution in [3.63, 3.8) is 0 Å². The van der Waals surface area contributed by atoms with Gasteiger partial charge in [-0.2, -0.15) is 8.78 Å². The highest BCUT2D eigenvalue weighted by Gasteiger charge is 2.41. The lowest BCUT2D eigenvalue weighted by molar-refractivity contribution is -0.122. The molecule has 0 unspecified atom stereocenters. The van der Waals surface area contributed by atoms with Crippen LogP contribution in [0.3, 0.4) is 0 Å². The summed E-state index contributed by atoms with van der Waals surface area (Å²) in [5.41, 5.74) is 0. The van der Waals surface area contributed by atoms with E-state index in [4.69, 9.17) is 5.11 Å². The van der Waals surface area contributed by atoms with Crippen molar-refractivity contribution >= 4 is 10.0 Å². The Bertz CT molecular complexity index is 266. The van der Waals surface area contributed by atoms with E-state index in [0.29, 0.717) is 0 Å². The van der Waals surface area contributed by atoms with Crippen LogP contribution in [0.5, 0.6) is 0 Å². The third-order valence-corrected chi connectivity index (χ3v) is 2.51. The van der Waals surface area contributed by atoms with Gasteiger partial charge >= 0.3 is 12.3 Å². The second kappa shape index (κ2) is 4.89. The molecule has 0 saturated heterocycles. The lowest BCUT2D eigenvalue weighted by atomic mass is 10.4. The van der Waals surface area contributed by atoms with Crippen molar-refractivity contribution in [2.75, 3.05) is 18.9 Å². The summed E-state index contributed by atoms with van der Waals surface area (Å²) in [6.07, 6.45) is -3.93. The fourth-order valence-corrected chi connectivity index (χ4v) is 1.27. The highest BCUT2D eigenvalue weighted by atomic mass is 32.2. The minimum absolute atomic E-state index is 0.768. The molecule has 0 aromatic heterocycles. The average molecular weight is 239 g/mol. The summed E-state index contributed by atoms with van der Waals surface area (Å²) in [5.74, 6) is -5.20. The molecular weight excluding hydrogens is 230 g/mol. The predicted molar refractivity (Wildman–Crippen MR) is 39.8 cm³/mol. The molecule has 0 spiro atoms. The van der Waals surface area contributed by atoms with Gasteiger partial charge in [0, 0.05) is 0 Å². The lowest BCUT2D eigenvalue weighted by Gasteiger charge is -2.15. The molecule has 0 saturated carbocycles. The molecule has 0 aliphatic heterocycles. The fraction of sp³-hybridized carbons (Fsp3) is 1.00. The van der Waals surface area contributed by atoms with E-state index in [-0.39, 0.29) is 0 Å². The van der Waals surface area contributed by atoms with E-state index in [1.54, 1.807) is 0 Å². The summed E-state index contributed by atoms with van der Waals surface area (Å²) in [6, 6.07) is 0. The van der Waals surface area contributed by atoms with E-state index < -0.39 is 41.3 Å². The Labute approximate surface area is 78.0 Å². The van der Waals surface area contributed by atoms with Crippen LogP contribution in [0.1, 0.15) is 0 Å². The molecule has 0 aromatic carbocycles. The average Bonchev–Trinajstić information content (AvgIpc) is 2.01. The third kappa shape index (κ3) is 4.72. The summed E-state index contributed by atoms with van der Waals surface area (Å²) in [7, 11) is -4.11. The van der Waals surface area contributed by atoms with Crippen molar-refractivity contribution in [1.29, 1.82) is 0 Å². The molecule has 0 bridgehead atoms. The highest BCUT2D eigenvalue weighted by Crippen LogP contribution is 2.21. The molecule has 9 heteroatoms. The Morgan fingerprint density at radius 2 is 1.86 bits per heavy atom. The van der Waals surface area contributed by atoms with Gasteiger partial charge in [-0.3, -0.25) is 0 Å². The van der Waals surface area contributed by atoms with Crippen LogP contribution in [0.15, 0.2) is 0 Å². The number of hydrogen-bond donors (Lipinski definition) is 2. The minimum Gasteiger partial charge on any atom is -0.395 e. The second-order valence-electron chi connectivity index (χ2n) is 2.43. The molecule has 0 amide bonds. The van der Waals surface area contributed by atoms with Crippen LogP contribution < -0.4 is 4.72 Å². The van der Waals surface area contributed by atoms with Gasteiger partial charge in [-0.1, -0.05) is 0 Å².